The van der Waals surface area contributed by atoms with Crippen LogP contribution in [0.15, 0.2) is 48.5 Å². The van der Waals surface area contributed by atoms with Gasteiger partial charge in [-0.2, -0.15) is 11.8 Å². The van der Waals surface area contributed by atoms with Crippen LogP contribution in [0.2, 0.25) is 0 Å². The molecule has 0 saturated heterocycles. The number of halogens is 1. The van der Waals surface area contributed by atoms with E-state index in [1.165, 1.54) is 23.8 Å². The summed E-state index contributed by atoms with van der Waals surface area (Å²) >= 11 is 1.50. The largest absolute Gasteiger partial charge is 0.508 e. The van der Waals surface area contributed by atoms with Gasteiger partial charge in [-0.3, -0.25) is 24.0 Å². The van der Waals surface area contributed by atoms with E-state index in [-0.39, 0.29) is 55.3 Å². The fourth-order valence-corrected chi connectivity index (χ4v) is 5.79. The van der Waals surface area contributed by atoms with E-state index < -0.39 is 48.3 Å². The molecule has 0 aliphatic rings. The van der Waals surface area contributed by atoms with Crippen molar-refractivity contribution in [2.45, 2.75) is 89.3 Å². The Balaban J connectivity index is 0.0000125. The van der Waals surface area contributed by atoms with Gasteiger partial charge in [0.15, 0.2) is 0 Å². The third-order valence-corrected chi connectivity index (χ3v) is 8.77. The molecule has 0 unspecified atom stereocenters. The Kier molecular flexibility index (Phi) is 19.5. The molecular formula is C36H54ClN5O7S. The number of rotatable bonds is 20. The van der Waals surface area contributed by atoms with Gasteiger partial charge in [-0.05, 0) is 65.9 Å². The fourth-order valence-electron chi connectivity index (χ4n) is 5.31. The number of nitrogens with two attached hydrogens (primary N) is 2. The first kappa shape index (κ1) is 44.2. The number of phenols is 1. The predicted molar refractivity (Wildman–Crippen MR) is 199 cm³/mol. The SMILES string of the molecule is COC(=O)CCCCCN(C(=O)CNC(=O)[C@@H](CCSC)NC(=O)[C@@H](N)Cc1ccc(O)c(C(C)(C)C)c1)[C@@H](Cc1ccccc1)C(N)=O.Cl. The number of nitrogens with one attached hydrogen (secondary N) is 2. The van der Waals surface area contributed by atoms with Gasteiger partial charge in [0.25, 0.3) is 0 Å². The summed E-state index contributed by atoms with van der Waals surface area (Å²) in [6, 6.07) is 11.4. The van der Waals surface area contributed by atoms with Crippen LogP contribution in [-0.4, -0.2) is 89.9 Å². The van der Waals surface area contributed by atoms with Crippen LogP contribution in [0.4, 0.5) is 0 Å². The summed E-state index contributed by atoms with van der Waals surface area (Å²) in [5.41, 5.74) is 14.1. The zero-order valence-electron chi connectivity index (χ0n) is 29.7. The third kappa shape index (κ3) is 15.0. The molecule has 14 heteroatoms. The number of nitrogens with zero attached hydrogens (tertiary/aromatic N) is 1. The van der Waals surface area contributed by atoms with Crippen molar-refractivity contribution in [3.63, 3.8) is 0 Å². The van der Waals surface area contributed by atoms with Crippen molar-refractivity contribution in [1.29, 1.82) is 0 Å². The Hall–Kier alpha value is -3.81. The number of carbonyl (C=O) groups excluding carboxylic acids is 5. The summed E-state index contributed by atoms with van der Waals surface area (Å²) in [4.78, 5) is 65.6. The monoisotopic (exact) mass is 735 g/mol. The number of methoxy groups -OCH3 is 1. The van der Waals surface area contributed by atoms with E-state index in [9.17, 15) is 29.1 Å². The first-order valence-corrected chi connectivity index (χ1v) is 17.9. The van der Waals surface area contributed by atoms with Crippen molar-refractivity contribution < 1.29 is 33.8 Å². The minimum Gasteiger partial charge on any atom is -0.508 e. The van der Waals surface area contributed by atoms with Gasteiger partial charge in [-0.25, -0.2) is 0 Å². The first-order valence-electron chi connectivity index (χ1n) is 16.5. The second-order valence-electron chi connectivity index (χ2n) is 13.1. The molecule has 2 aromatic rings. The number of aromatic hydroxyl groups is 1. The first-order chi connectivity index (χ1) is 23.2. The normalized spacial score (nSPS) is 12.8. The molecule has 4 amide bonds. The molecule has 50 heavy (non-hydrogen) atoms. The second kappa shape index (κ2) is 22.1. The van der Waals surface area contributed by atoms with E-state index in [0.717, 1.165) is 16.7 Å². The molecule has 0 saturated carbocycles. The van der Waals surface area contributed by atoms with Crippen molar-refractivity contribution in [3.8, 4) is 5.75 Å². The quantitative estimate of drug-likeness (QED) is 0.100. The van der Waals surface area contributed by atoms with Gasteiger partial charge < -0.3 is 36.8 Å². The van der Waals surface area contributed by atoms with Crippen LogP contribution in [-0.2, 0) is 47.0 Å². The Morgan fingerprint density at radius 1 is 0.960 bits per heavy atom. The number of hydrogen-bond donors (Lipinski definition) is 5. The maximum absolute atomic E-state index is 13.6. The van der Waals surface area contributed by atoms with Crippen LogP contribution in [0, 0.1) is 0 Å². The number of carbonyl (C=O) groups is 5. The number of amides is 4. The molecule has 0 aromatic heterocycles. The van der Waals surface area contributed by atoms with Crippen molar-refractivity contribution in [2.75, 3.05) is 32.2 Å². The third-order valence-electron chi connectivity index (χ3n) is 8.12. The highest BCUT2D eigenvalue weighted by Crippen LogP contribution is 2.31. The van der Waals surface area contributed by atoms with E-state index in [0.29, 0.717) is 31.4 Å². The lowest BCUT2D eigenvalue weighted by Crippen LogP contribution is -2.55. The molecule has 0 aliphatic carbocycles. The van der Waals surface area contributed by atoms with Gasteiger partial charge in [0.05, 0.1) is 19.7 Å². The molecule has 0 spiro atoms. The average molecular weight is 736 g/mol. The number of phenolic OH excluding ortho intramolecular Hbond substituents is 1. The minimum absolute atomic E-state index is 0. The maximum atomic E-state index is 13.6. The molecule has 0 radical (unpaired) electrons. The topological polar surface area (TPSA) is 194 Å². The van der Waals surface area contributed by atoms with Crippen LogP contribution in [0.1, 0.15) is 69.6 Å². The fraction of sp³-hybridized carbons (Fsp3) is 0.528. The zero-order chi connectivity index (χ0) is 36.6. The Morgan fingerprint density at radius 3 is 2.24 bits per heavy atom. The molecule has 2 rings (SSSR count). The highest BCUT2D eigenvalue weighted by atomic mass is 35.5. The van der Waals surface area contributed by atoms with Gasteiger partial charge in [0, 0.05) is 19.4 Å². The molecule has 0 fully saturated rings. The zero-order valence-corrected chi connectivity index (χ0v) is 31.4. The molecule has 0 heterocycles. The van der Waals surface area contributed by atoms with Gasteiger partial charge in [-0.1, -0.05) is 69.7 Å². The smallest absolute Gasteiger partial charge is 0.305 e. The number of thioether (sulfide) groups is 1. The van der Waals surface area contributed by atoms with E-state index in [2.05, 4.69) is 15.4 Å². The van der Waals surface area contributed by atoms with Gasteiger partial charge in [-0.15, -0.1) is 12.4 Å². The second-order valence-corrected chi connectivity index (χ2v) is 14.0. The Bertz CT molecular complexity index is 1410. The van der Waals surface area contributed by atoms with E-state index in [1.807, 2.05) is 63.4 Å². The van der Waals surface area contributed by atoms with E-state index in [4.69, 9.17) is 11.5 Å². The molecule has 7 N–H and O–H groups in total. The molecule has 3 atom stereocenters. The van der Waals surface area contributed by atoms with Crippen LogP contribution in [0.25, 0.3) is 0 Å². The summed E-state index contributed by atoms with van der Waals surface area (Å²) < 4.78 is 4.69. The molecule has 0 aliphatic heterocycles. The van der Waals surface area contributed by atoms with Crippen LogP contribution >= 0.6 is 24.2 Å². The molecular weight excluding hydrogens is 682 g/mol. The molecule has 278 valence electrons. The molecule has 0 bridgehead atoms. The van der Waals surface area contributed by atoms with Crippen molar-refractivity contribution >= 4 is 53.8 Å². The lowest BCUT2D eigenvalue weighted by atomic mass is 9.85. The Labute approximate surface area is 306 Å². The number of benzene rings is 2. The lowest BCUT2D eigenvalue weighted by molar-refractivity contribution is -0.141. The summed E-state index contributed by atoms with van der Waals surface area (Å²) in [6.07, 6.45) is 4.46. The molecule has 2 aromatic carbocycles. The average Bonchev–Trinajstić information content (AvgIpc) is 3.06. The van der Waals surface area contributed by atoms with Crippen molar-refractivity contribution in [1.82, 2.24) is 15.5 Å². The van der Waals surface area contributed by atoms with Gasteiger partial charge in [0.1, 0.15) is 17.8 Å². The summed E-state index contributed by atoms with van der Waals surface area (Å²) in [5.74, 6) is -1.86. The minimum atomic E-state index is -0.965. The van der Waals surface area contributed by atoms with Crippen molar-refractivity contribution in [2.24, 2.45) is 11.5 Å². The van der Waals surface area contributed by atoms with E-state index >= 15 is 0 Å². The number of esters is 1. The summed E-state index contributed by atoms with van der Waals surface area (Å²) in [6.45, 7) is 5.69. The number of ether oxygens (including phenoxy) is 1. The predicted octanol–water partition coefficient (Wildman–Crippen LogP) is 2.99. The highest BCUT2D eigenvalue weighted by molar-refractivity contribution is 7.98. The van der Waals surface area contributed by atoms with E-state index in [1.54, 1.807) is 12.1 Å². The lowest BCUT2D eigenvalue weighted by Gasteiger charge is -2.30. The van der Waals surface area contributed by atoms with Crippen LogP contribution in [0.5, 0.6) is 5.75 Å². The van der Waals surface area contributed by atoms with Crippen molar-refractivity contribution in [3.05, 3.63) is 65.2 Å². The molecule has 12 nitrogen and oxygen atoms in total. The number of hydrogen-bond acceptors (Lipinski definition) is 9. The number of unbranched alkanes of at least 4 members (excludes halogenated alkanes) is 2. The van der Waals surface area contributed by atoms with Gasteiger partial charge >= 0.3 is 5.97 Å². The van der Waals surface area contributed by atoms with Gasteiger partial charge in [0.2, 0.25) is 23.6 Å². The summed E-state index contributed by atoms with van der Waals surface area (Å²) in [5, 5.41) is 15.7. The number of primary amides is 1. The Morgan fingerprint density at radius 2 is 1.64 bits per heavy atom. The maximum Gasteiger partial charge on any atom is 0.305 e. The summed E-state index contributed by atoms with van der Waals surface area (Å²) in [7, 11) is 1.32. The highest BCUT2D eigenvalue weighted by Gasteiger charge is 2.30. The van der Waals surface area contributed by atoms with Crippen LogP contribution in [0.3, 0.4) is 0 Å². The van der Waals surface area contributed by atoms with Crippen LogP contribution < -0.4 is 22.1 Å². The standard InChI is InChI=1S/C36H53N5O7S.ClH/c1-36(2,3)26-20-25(15-16-30(26)42)21-27(37)34(46)40-28(17-19-49-5)35(47)39-23-31(43)41(18-11-7-10-14-32(44)48-4)29(33(38)45)22-24-12-8-6-9-13-24;/h6,8-9,12-13,15-16,20,27-29,42H,7,10-11,14,17-19,21-23,37H2,1-5H3,(H2,38,45)(H,39,47)(H,40,46);1H/t27-,28+,29-;/m0./s1.